The van der Waals surface area contributed by atoms with Crippen LogP contribution in [0.4, 0.5) is 5.69 Å². The van der Waals surface area contributed by atoms with Gasteiger partial charge in [-0.3, -0.25) is 4.31 Å². The van der Waals surface area contributed by atoms with E-state index in [1.807, 2.05) is 6.07 Å². The Bertz CT molecular complexity index is 1110. The molecule has 0 aliphatic heterocycles. The lowest BCUT2D eigenvalue weighted by molar-refractivity contribution is 0.0450. The fraction of sp³-hybridized carbons (Fsp3) is 0.208. The van der Waals surface area contributed by atoms with Gasteiger partial charge in [0.25, 0.3) is 10.0 Å². The fourth-order valence-electron chi connectivity index (χ4n) is 3.02. The summed E-state index contributed by atoms with van der Waals surface area (Å²) in [5, 5.41) is 0. The number of carbonyl (C=O) groups excluding carboxylic acids is 1. The van der Waals surface area contributed by atoms with Gasteiger partial charge in [0.1, 0.15) is 24.7 Å². The van der Waals surface area contributed by atoms with E-state index in [4.69, 9.17) is 14.2 Å². The van der Waals surface area contributed by atoms with Crippen LogP contribution in [0.25, 0.3) is 0 Å². The first-order valence-corrected chi connectivity index (χ1v) is 11.5. The Morgan fingerprint density at radius 2 is 1.47 bits per heavy atom. The summed E-state index contributed by atoms with van der Waals surface area (Å²) in [5.74, 6) is 0.804. The number of hydrogen-bond acceptors (Lipinski definition) is 6. The van der Waals surface area contributed by atoms with E-state index in [-0.39, 0.29) is 30.2 Å². The zero-order valence-electron chi connectivity index (χ0n) is 17.9. The van der Waals surface area contributed by atoms with E-state index in [9.17, 15) is 13.2 Å². The second-order valence-corrected chi connectivity index (χ2v) is 8.55. The Morgan fingerprint density at radius 1 is 0.844 bits per heavy atom. The molecule has 0 saturated heterocycles. The van der Waals surface area contributed by atoms with Crippen LogP contribution in [0.3, 0.4) is 0 Å². The molecule has 0 fully saturated rings. The second-order valence-electron chi connectivity index (χ2n) is 6.69. The standard InChI is InChI=1S/C24H25NO6S/c1-3-25(20-7-5-4-6-8-20)32(27,28)23-15-9-19(10-16-23)24(26)31-18-17-30-22-13-11-21(29-2)12-14-22/h4-16H,3,17-18H2,1-2H3. The summed E-state index contributed by atoms with van der Waals surface area (Å²) in [4.78, 5) is 12.4. The molecular formula is C24H25NO6S. The number of benzene rings is 3. The van der Waals surface area contributed by atoms with Crippen molar-refractivity contribution in [2.24, 2.45) is 0 Å². The Morgan fingerprint density at radius 3 is 2.06 bits per heavy atom. The highest BCUT2D eigenvalue weighted by Crippen LogP contribution is 2.23. The van der Waals surface area contributed by atoms with Crippen molar-refractivity contribution in [3.63, 3.8) is 0 Å². The summed E-state index contributed by atoms with van der Waals surface area (Å²) in [7, 11) is -2.17. The zero-order chi connectivity index (χ0) is 23.0. The van der Waals surface area contributed by atoms with Crippen molar-refractivity contribution in [2.75, 3.05) is 31.2 Å². The molecule has 0 radical (unpaired) electrons. The third-order valence-electron chi connectivity index (χ3n) is 4.65. The fourth-order valence-corrected chi connectivity index (χ4v) is 4.50. The highest BCUT2D eigenvalue weighted by Gasteiger charge is 2.23. The molecule has 3 aromatic rings. The molecule has 3 rings (SSSR count). The van der Waals surface area contributed by atoms with Crippen molar-refractivity contribution in [3.05, 3.63) is 84.4 Å². The van der Waals surface area contributed by atoms with E-state index >= 15 is 0 Å². The van der Waals surface area contributed by atoms with Gasteiger partial charge in [0.15, 0.2) is 0 Å². The minimum Gasteiger partial charge on any atom is -0.497 e. The minimum atomic E-state index is -3.75. The highest BCUT2D eigenvalue weighted by atomic mass is 32.2. The molecule has 0 saturated carbocycles. The molecule has 3 aromatic carbocycles. The monoisotopic (exact) mass is 455 g/mol. The lowest BCUT2D eigenvalue weighted by Crippen LogP contribution is -2.30. The lowest BCUT2D eigenvalue weighted by atomic mass is 10.2. The van der Waals surface area contributed by atoms with Gasteiger partial charge in [0.05, 0.1) is 23.3 Å². The van der Waals surface area contributed by atoms with Crippen molar-refractivity contribution in [2.45, 2.75) is 11.8 Å². The molecule has 0 unspecified atom stereocenters. The van der Waals surface area contributed by atoms with Crippen LogP contribution >= 0.6 is 0 Å². The van der Waals surface area contributed by atoms with Crippen LogP contribution in [0.15, 0.2) is 83.8 Å². The average molecular weight is 456 g/mol. The van der Waals surface area contributed by atoms with Crippen LogP contribution in [0, 0.1) is 0 Å². The molecule has 0 amide bonds. The molecule has 32 heavy (non-hydrogen) atoms. The van der Waals surface area contributed by atoms with Gasteiger partial charge in [0, 0.05) is 6.54 Å². The van der Waals surface area contributed by atoms with Crippen LogP contribution in [-0.4, -0.2) is 41.3 Å². The average Bonchev–Trinajstić information content (AvgIpc) is 2.83. The molecule has 0 N–H and O–H groups in total. The van der Waals surface area contributed by atoms with E-state index < -0.39 is 16.0 Å². The summed E-state index contributed by atoms with van der Waals surface area (Å²) < 4.78 is 43.2. The van der Waals surface area contributed by atoms with Crippen LogP contribution in [0.1, 0.15) is 17.3 Å². The Balaban J connectivity index is 1.57. The van der Waals surface area contributed by atoms with Gasteiger partial charge in [-0.15, -0.1) is 0 Å². The van der Waals surface area contributed by atoms with Gasteiger partial charge < -0.3 is 14.2 Å². The molecule has 7 nitrogen and oxygen atoms in total. The molecule has 0 atom stereocenters. The summed E-state index contributed by atoms with van der Waals surface area (Å²) in [5.41, 5.74) is 0.839. The summed E-state index contributed by atoms with van der Waals surface area (Å²) in [6.07, 6.45) is 0. The number of hydrogen-bond donors (Lipinski definition) is 0. The SMILES string of the molecule is CCN(c1ccccc1)S(=O)(=O)c1ccc(C(=O)OCCOc2ccc(OC)cc2)cc1. The largest absolute Gasteiger partial charge is 0.497 e. The van der Waals surface area contributed by atoms with E-state index in [1.165, 1.54) is 28.6 Å². The third-order valence-corrected chi connectivity index (χ3v) is 6.57. The van der Waals surface area contributed by atoms with Gasteiger partial charge in [-0.2, -0.15) is 0 Å². The smallest absolute Gasteiger partial charge is 0.338 e. The minimum absolute atomic E-state index is 0.0581. The number of methoxy groups -OCH3 is 1. The zero-order valence-corrected chi connectivity index (χ0v) is 18.7. The number of ether oxygens (including phenoxy) is 3. The van der Waals surface area contributed by atoms with E-state index in [1.54, 1.807) is 62.6 Å². The van der Waals surface area contributed by atoms with Crippen molar-refractivity contribution in [1.82, 2.24) is 0 Å². The summed E-state index contributed by atoms with van der Waals surface area (Å²) in [6.45, 7) is 2.30. The Labute approximate surface area is 188 Å². The van der Waals surface area contributed by atoms with E-state index in [2.05, 4.69) is 0 Å². The van der Waals surface area contributed by atoms with Crippen LogP contribution in [0.2, 0.25) is 0 Å². The first-order chi connectivity index (χ1) is 15.5. The normalized spacial score (nSPS) is 10.9. The number of carbonyl (C=O) groups is 1. The van der Waals surface area contributed by atoms with E-state index in [0.29, 0.717) is 11.4 Å². The number of esters is 1. The molecule has 0 aliphatic rings. The highest BCUT2D eigenvalue weighted by molar-refractivity contribution is 7.92. The van der Waals surface area contributed by atoms with Crippen molar-refractivity contribution in [1.29, 1.82) is 0 Å². The van der Waals surface area contributed by atoms with Gasteiger partial charge in [-0.1, -0.05) is 18.2 Å². The quantitative estimate of drug-likeness (QED) is 0.337. The van der Waals surface area contributed by atoms with Gasteiger partial charge in [-0.05, 0) is 67.6 Å². The van der Waals surface area contributed by atoms with Crippen molar-refractivity contribution in [3.8, 4) is 11.5 Å². The lowest BCUT2D eigenvalue weighted by Gasteiger charge is -2.22. The molecule has 168 valence electrons. The Hall–Kier alpha value is -3.52. The molecular weight excluding hydrogens is 430 g/mol. The summed E-state index contributed by atoms with van der Waals surface area (Å²) in [6, 6.07) is 21.6. The van der Waals surface area contributed by atoms with E-state index in [0.717, 1.165) is 5.75 Å². The Kier molecular flexibility index (Phi) is 7.72. The topological polar surface area (TPSA) is 82.1 Å². The van der Waals surface area contributed by atoms with Gasteiger partial charge >= 0.3 is 5.97 Å². The molecule has 0 aromatic heterocycles. The maximum Gasteiger partial charge on any atom is 0.338 e. The third kappa shape index (κ3) is 5.59. The molecule has 0 aliphatic carbocycles. The number of para-hydroxylation sites is 1. The number of sulfonamides is 1. The number of rotatable bonds is 10. The van der Waals surface area contributed by atoms with Crippen LogP contribution < -0.4 is 13.8 Å². The second kappa shape index (κ2) is 10.7. The molecule has 0 heterocycles. The maximum absolute atomic E-state index is 13.0. The van der Waals surface area contributed by atoms with Gasteiger partial charge in [-0.25, -0.2) is 13.2 Å². The predicted octanol–water partition coefficient (Wildman–Crippen LogP) is 4.15. The predicted molar refractivity (Wildman–Crippen MR) is 122 cm³/mol. The first kappa shape index (κ1) is 23.1. The van der Waals surface area contributed by atoms with Crippen molar-refractivity contribution >= 4 is 21.7 Å². The van der Waals surface area contributed by atoms with Crippen molar-refractivity contribution < 1.29 is 27.4 Å². The summed E-state index contributed by atoms with van der Waals surface area (Å²) >= 11 is 0. The molecule has 0 bridgehead atoms. The van der Waals surface area contributed by atoms with Gasteiger partial charge in [0.2, 0.25) is 0 Å². The van der Waals surface area contributed by atoms with Crippen LogP contribution in [-0.2, 0) is 14.8 Å². The molecule has 8 heteroatoms. The van der Waals surface area contributed by atoms with Crippen LogP contribution in [0.5, 0.6) is 11.5 Å². The number of anilines is 1. The maximum atomic E-state index is 13.0. The number of nitrogens with zero attached hydrogens (tertiary/aromatic N) is 1. The first-order valence-electron chi connectivity index (χ1n) is 10.1. The molecule has 0 spiro atoms.